The predicted octanol–water partition coefficient (Wildman–Crippen LogP) is 1.98. The van der Waals surface area contributed by atoms with Gasteiger partial charge in [0.05, 0.1) is 12.4 Å². The van der Waals surface area contributed by atoms with E-state index in [0.717, 1.165) is 36.1 Å². The summed E-state index contributed by atoms with van der Waals surface area (Å²) in [4.78, 5) is 16.4. The summed E-state index contributed by atoms with van der Waals surface area (Å²) in [6, 6.07) is 7.64. The Balaban J connectivity index is 1.68. The molecule has 4 rings (SSSR count). The van der Waals surface area contributed by atoms with E-state index in [-0.39, 0.29) is 11.9 Å². The minimum absolute atomic E-state index is 0.0396. The van der Waals surface area contributed by atoms with E-state index in [2.05, 4.69) is 22.5 Å². The Morgan fingerprint density at radius 2 is 2.17 bits per heavy atom. The van der Waals surface area contributed by atoms with Crippen LogP contribution < -0.4 is 4.90 Å². The van der Waals surface area contributed by atoms with Gasteiger partial charge in [0.2, 0.25) is 5.91 Å². The van der Waals surface area contributed by atoms with Crippen LogP contribution in [0.2, 0.25) is 0 Å². The van der Waals surface area contributed by atoms with E-state index in [1.807, 2.05) is 23.1 Å². The second-order valence-corrected chi connectivity index (χ2v) is 6.13. The lowest BCUT2D eigenvalue weighted by Crippen LogP contribution is -2.43. The lowest BCUT2D eigenvalue weighted by molar-refractivity contribution is -0.121. The molecule has 0 N–H and O–H groups in total. The number of amides is 1. The number of aromatic nitrogens is 2. The average molecular weight is 319 g/mol. The molecule has 1 aromatic carbocycles. The molecule has 2 aliphatic heterocycles. The second kappa shape index (κ2) is 5.93. The van der Waals surface area contributed by atoms with Crippen LogP contribution in [-0.2, 0) is 11.2 Å². The summed E-state index contributed by atoms with van der Waals surface area (Å²) in [5.41, 5.74) is 4.23. The number of fused-ring (bicyclic) bond motifs is 1. The van der Waals surface area contributed by atoms with Gasteiger partial charge in [-0.2, -0.15) is 15.5 Å². The molecule has 1 unspecified atom stereocenters. The van der Waals surface area contributed by atoms with Crippen LogP contribution in [0.15, 0.2) is 36.7 Å². The van der Waals surface area contributed by atoms with Crippen LogP contribution in [0.25, 0.3) is 11.1 Å². The lowest BCUT2D eigenvalue weighted by Gasteiger charge is -2.25. The summed E-state index contributed by atoms with van der Waals surface area (Å²) in [7, 11) is 0. The Kier molecular flexibility index (Phi) is 3.62. The number of hydrogen-bond acceptors (Lipinski definition) is 5. The molecule has 2 aliphatic rings. The SMILES string of the molecule is N#CN1CCCC1C(=O)N1CCc2c(-c3ccnnc3)cccc21. The number of rotatable bonds is 2. The second-order valence-electron chi connectivity index (χ2n) is 6.13. The quantitative estimate of drug-likeness (QED) is 0.791. The van der Waals surface area contributed by atoms with E-state index in [4.69, 9.17) is 0 Å². The summed E-state index contributed by atoms with van der Waals surface area (Å²) in [5.74, 6) is 0.0396. The molecule has 24 heavy (non-hydrogen) atoms. The van der Waals surface area contributed by atoms with Crippen LogP contribution in [0, 0.1) is 11.5 Å². The highest BCUT2D eigenvalue weighted by Gasteiger charge is 2.36. The zero-order valence-corrected chi connectivity index (χ0v) is 13.2. The van der Waals surface area contributed by atoms with Gasteiger partial charge in [0.25, 0.3) is 0 Å². The maximum absolute atomic E-state index is 12.9. The van der Waals surface area contributed by atoms with Crippen molar-refractivity contribution < 1.29 is 4.79 Å². The van der Waals surface area contributed by atoms with Crippen molar-refractivity contribution in [2.75, 3.05) is 18.0 Å². The largest absolute Gasteiger partial charge is 0.310 e. The van der Waals surface area contributed by atoms with Gasteiger partial charge in [-0.25, -0.2) is 0 Å². The first-order valence-corrected chi connectivity index (χ1v) is 8.16. The molecule has 1 saturated heterocycles. The Hall–Kier alpha value is -2.94. The molecule has 1 fully saturated rings. The minimum Gasteiger partial charge on any atom is -0.310 e. The van der Waals surface area contributed by atoms with Gasteiger partial charge in [-0.3, -0.25) is 9.69 Å². The molecular weight excluding hydrogens is 302 g/mol. The number of carbonyl (C=O) groups is 1. The summed E-state index contributed by atoms with van der Waals surface area (Å²) in [5, 5.41) is 17.0. The van der Waals surface area contributed by atoms with Crippen molar-refractivity contribution in [1.29, 1.82) is 5.26 Å². The van der Waals surface area contributed by atoms with Gasteiger partial charge >= 0.3 is 0 Å². The first-order chi connectivity index (χ1) is 11.8. The van der Waals surface area contributed by atoms with Crippen molar-refractivity contribution in [2.24, 2.45) is 0 Å². The van der Waals surface area contributed by atoms with Gasteiger partial charge in [-0.05, 0) is 42.5 Å². The van der Waals surface area contributed by atoms with Crippen molar-refractivity contribution in [3.05, 3.63) is 42.2 Å². The zero-order valence-electron chi connectivity index (χ0n) is 13.2. The number of carbonyl (C=O) groups excluding carboxylic acids is 1. The molecule has 0 bridgehead atoms. The van der Waals surface area contributed by atoms with E-state index >= 15 is 0 Å². The van der Waals surface area contributed by atoms with E-state index < -0.39 is 0 Å². The highest BCUT2D eigenvalue weighted by atomic mass is 16.2. The minimum atomic E-state index is -0.313. The molecule has 1 amide bonds. The molecule has 1 atom stereocenters. The van der Waals surface area contributed by atoms with Gasteiger partial charge in [-0.1, -0.05) is 12.1 Å². The molecule has 0 saturated carbocycles. The van der Waals surface area contributed by atoms with Crippen LogP contribution in [0.1, 0.15) is 18.4 Å². The van der Waals surface area contributed by atoms with Crippen LogP contribution >= 0.6 is 0 Å². The van der Waals surface area contributed by atoms with Crippen molar-refractivity contribution in [3.63, 3.8) is 0 Å². The highest BCUT2D eigenvalue weighted by molar-refractivity contribution is 6.00. The Morgan fingerprint density at radius 1 is 1.25 bits per heavy atom. The first-order valence-electron chi connectivity index (χ1n) is 8.16. The van der Waals surface area contributed by atoms with Crippen molar-refractivity contribution in [1.82, 2.24) is 15.1 Å². The monoisotopic (exact) mass is 319 g/mol. The normalized spacial score (nSPS) is 19.2. The lowest BCUT2D eigenvalue weighted by atomic mass is 9.99. The third kappa shape index (κ3) is 2.29. The van der Waals surface area contributed by atoms with E-state index in [1.54, 1.807) is 17.3 Å². The summed E-state index contributed by atoms with van der Waals surface area (Å²) >= 11 is 0. The number of benzene rings is 1. The molecule has 6 heteroatoms. The standard InChI is InChI=1S/C18H17N5O/c19-12-22-9-2-5-17(22)18(24)23-10-7-15-14(3-1-4-16(15)23)13-6-8-20-21-11-13/h1,3-4,6,8,11,17H,2,5,7,9-10H2. The van der Waals surface area contributed by atoms with Crippen LogP contribution in [0.3, 0.4) is 0 Å². The molecule has 3 heterocycles. The number of likely N-dealkylation sites (tertiary alicyclic amines) is 1. The van der Waals surface area contributed by atoms with E-state index in [0.29, 0.717) is 13.1 Å². The van der Waals surface area contributed by atoms with Gasteiger partial charge in [0.1, 0.15) is 6.04 Å². The predicted molar refractivity (Wildman–Crippen MR) is 88.9 cm³/mol. The molecule has 6 nitrogen and oxygen atoms in total. The van der Waals surface area contributed by atoms with Crippen molar-refractivity contribution >= 4 is 11.6 Å². The average Bonchev–Trinajstić information content (AvgIpc) is 3.28. The van der Waals surface area contributed by atoms with Crippen LogP contribution in [0.4, 0.5) is 5.69 Å². The third-order valence-corrected chi connectivity index (χ3v) is 4.86. The van der Waals surface area contributed by atoms with E-state index in [9.17, 15) is 10.1 Å². The topological polar surface area (TPSA) is 73.1 Å². The maximum atomic E-state index is 12.9. The maximum Gasteiger partial charge on any atom is 0.250 e. The summed E-state index contributed by atoms with van der Waals surface area (Å²) < 4.78 is 0. The van der Waals surface area contributed by atoms with Gasteiger partial charge in [-0.15, -0.1) is 0 Å². The fraction of sp³-hybridized carbons (Fsp3) is 0.333. The van der Waals surface area contributed by atoms with Crippen molar-refractivity contribution in [2.45, 2.75) is 25.3 Å². The molecule has 1 aromatic heterocycles. The van der Waals surface area contributed by atoms with Crippen LogP contribution in [0.5, 0.6) is 0 Å². The van der Waals surface area contributed by atoms with Gasteiger partial charge in [0, 0.05) is 24.3 Å². The Labute approximate surface area is 140 Å². The molecule has 120 valence electrons. The number of nitrogens with zero attached hydrogens (tertiary/aromatic N) is 5. The molecule has 0 spiro atoms. The summed E-state index contributed by atoms with van der Waals surface area (Å²) in [6.45, 7) is 1.34. The zero-order chi connectivity index (χ0) is 16.5. The number of hydrogen-bond donors (Lipinski definition) is 0. The number of anilines is 1. The van der Waals surface area contributed by atoms with Gasteiger partial charge in [0.15, 0.2) is 6.19 Å². The fourth-order valence-corrected chi connectivity index (χ4v) is 3.71. The third-order valence-electron chi connectivity index (χ3n) is 4.86. The Bertz CT molecular complexity index is 814. The molecular formula is C18H17N5O. The molecule has 0 aliphatic carbocycles. The van der Waals surface area contributed by atoms with Crippen LogP contribution in [-0.4, -0.2) is 40.1 Å². The highest BCUT2D eigenvalue weighted by Crippen LogP contribution is 2.37. The first kappa shape index (κ1) is 14.6. The summed E-state index contributed by atoms with van der Waals surface area (Å²) in [6.07, 6.45) is 8.04. The molecule has 2 aromatic rings. The van der Waals surface area contributed by atoms with Crippen molar-refractivity contribution in [3.8, 4) is 17.3 Å². The smallest absolute Gasteiger partial charge is 0.250 e. The number of nitriles is 1. The van der Waals surface area contributed by atoms with E-state index in [1.165, 1.54) is 5.56 Å². The van der Waals surface area contributed by atoms with Gasteiger partial charge < -0.3 is 4.90 Å². The molecule has 0 radical (unpaired) electrons. The fourth-order valence-electron chi connectivity index (χ4n) is 3.71. The Morgan fingerprint density at radius 3 is 2.96 bits per heavy atom.